The second-order valence-corrected chi connectivity index (χ2v) is 2.47. The van der Waals surface area contributed by atoms with E-state index in [0.29, 0.717) is 5.03 Å². The molecule has 0 saturated heterocycles. The van der Waals surface area contributed by atoms with Gasteiger partial charge in [-0.05, 0) is 6.42 Å². The molecule has 0 N–H and O–H groups in total. The third kappa shape index (κ3) is 1.24. The summed E-state index contributed by atoms with van der Waals surface area (Å²) < 4.78 is 0. The monoisotopic (exact) mass is 145 g/mol. The molecule has 1 aliphatic rings. The molecule has 0 bridgehead atoms. The van der Waals surface area contributed by atoms with Crippen molar-refractivity contribution in [2.24, 2.45) is 0 Å². The van der Waals surface area contributed by atoms with Crippen LogP contribution in [0, 0.1) is 0 Å². The van der Waals surface area contributed by atoms with Gasteiger partial charge in [0, 0.05) is 13.6 Å². The highest BCUT2D eigenvalue weighted by atomic mass is 35.5. The van der Waals surface area contributed by atoms with E-state index in [1.807, 2.05) is 0 Å². The molecule has 0 saturated carbocycles. The number of hydrogen-bond donors (Lipinski definition) is 0. The Morgan fingerprint density at radius 3 is 2.89 bits per heavy atom. The second kappa shape index (κ2) is 2.40. The standard InChI is InChI=1S/C6H8ClNO/c1-8-4-2-3-5(7)6(8)9/h3H,2,4H2,1H3. The predicted octanol–water partition coefficient (Wildman–Crippen LogP) is 0.971. The average Bonchev–Trinajstić information content (AvgIpc) is 1.83. The number of rotatable bonds is 0. The van der Waals surface area contributed by atoms with E-state index in [1.54, 1.807) is 18.0 Å². The topological polar surface area (TPSA) is 20.3 Å². The maximum Gasteiger partial charge on any atom is 0.264 e. The molecule has 0 spiro atoms. The number of nitrogens with zero attached hydrogens (tertiary/aromatic N) is 1. The highest BCUT2D eigenvalue weighted by Crippen LogP contribution is 2.12. The molecule has 1 amide bonds. The highest BCUT2D eigenvalue weighted by Gasteiger charge is 2.15. The number of carbonyl (C=O) groups excluding carboxylic acids is 1. The minimum absolute atomic E-state index is 0.0667. The van der Waals surface area contributed by atoms with E-state index >= 15 is 0 Å². The first-order valence-electron chi connectivity index (χ1n) is 2.83. The van der Waals surface area contributed by atoms with Crippen LogP contribution in [0.5, 0.6) is 0 Å². The van der Waals surface area contributed by atoms with Crippen LogP contribution in [-0.4, -0.2) is 24.4 Å². The van der Waals surface area contributed by atoms with Gasteiger partial charge in [0.05, 0.1) is 0 Å². The minimum Gasteiger partial charge on any atom is -0.341 e. The summed E-state index contributed by atoms with van der Waals surface area (Å²) in [6.45, 7) is 0.787. The summed E-state index contributed by atoms with van der Waals surface area (Å²) in [6.07, 6.45) is 2.63. The molecule has 0 unspecified atom stereocenters. The number of likely N-dealkylation sites (N-methyl/N-ethyl adjacent to an activating group) is 1. The molecule has 0 atom stereocenters. The van der Waals surface area contributed by atoms with Gasteiger partial charge >= 0.3 is 0 Å². The number of halogens is 1. The van der Waals surface area contributed by atoms with Gasteiger partial charge in [0.1, 0.15) is 5.03 Å². The molecule has 1 rings (SSSR count). The summed E-state index contributed by atoms with van der Waals surface area (Å²) in [7, 11) is 1.75. The Hall–Kier alpha value is -0.500. The fraction of sp³-hybridized carbons (Fsp3) is 0.500. The molecule has 0 aromatic carbocycles. The number of hydrogen-bond acceptors (Lipinski definition) is 1. The molecule has 50 valence electrons. The fourth-order valence-electron chi connectivity index (χ4n) is 0.756. The van der Waals surface area contributed by atoms with Crippen molar-refractivity contribution in [2.75, 3.05) is 13.6 Å². The van der Waals surface area contributed by atoms with E-state index in [-0.39, 0.29) is 5.91 Å². The molecule has 0 fully saturated rings. The summed E-state index contributed by atoms with van der Waals surface area (Å²) in [5.74, 6) is -0.0667. The van der Waals surface area contributed by atoms with Crippen LogP contribution >= 0.6 is 11.6 Å². The summed E-state index contributed by atoms with van der Waals surface area (Å²) in [5.41, 5.74) is 0. The maximum atomic E-state index is 10.9. The van der Waals surface area contributed by atoms with Crippen molar-refractivity contribution in [3.63, 3.8) is 0 Å². The van der Waals surface area contributed by atoms with Crippen LogP contribution in [0.2, 0.25) is 0 Å². The molecular formula is C6H8ClNO. The molecule has 9 heavy (non-hydrogen) atoms. The van der Waals surface area contributed by atoms with Gasteiger partial charge in [0.2, 0.25) is 0 Å². The van der Waals surface area contributed by atoms with E-state index in [9.17, 15) is 4.79 Å². The molecule has 0 radical (unpaired) electrons. The SMILES string of the molecule is CN1CCC=C(Cl)C1=O. The van der Waals surface area contributed by atoms with Crippen molar-refractivity contribution in [1.82, 2.24) is 4.90 Å². The summed E-state index contributed by atoms with van der Waals surface area (Å²) >= 11 is 5.53. The molecule has 0 aromatic rings. The van der Waals surface area contributed by atoms with E-state index in [2.05, 4.69) is 0 Å². The van der Waals surface area contributed by atoms with Crippen molar-refractivity contribution in [1.29, 1.82) is 0 Å². The maximum absolute atomic E-state index is 10.9. The lowest BCUT2D eigenvalue weighted by molar-refractivity contribution is -0.125. The predicted molar refractivity (Wildman–Crippen MR) is 36.2 cm³/mol. The number of amides is 1. The van der Waals surface area contributed by atoms with Crippen molar-refractivity contribution in [3.05, 3.63) is 11.1 Å². The van der Waals surface area contributed by atoms with Crippen LogP contribution in [0.1, 0.15) is 6.42 Å². The minimum atomic E-state index is -0.0667. The molecular weight excluding hydrogens is 138 g/mol. The normalized spacial score (nSPS) is 20.0. The van der Waals surface area contributed by atoms with Gasteiger partial charge in [-0.15, -0.1) is 0 Å². The summed E-state index contributed by atoms with van der Waals surface area (Å²) in [6, 6.07) is 0. The van der Waals surface area contributed by atoms with Crippen molar-refractivity contribution in [2.45, 2.75) is 6.42 Å². The van der Waals surface area contributed by atoms with E-state index in [4.69, 9.17) is 11.6 Å². The first kappa shape index (κ1) is 6.62. The zero-order valence-corrected chi connectivity index (χ0v) is 5.98. The summed E-state index contributed by atoms with van der Waals surface area (Å²) in [4.78, 5) is 12.5. The van der Waals surface area contributed by atoms with Crippen LogP contribution < -0.4 is 0 Å². The smallest absolute Gasteiger partial charge is 0.264 e. The third-order valence-corrected chi connectivity index (χ3v) is 1.66. The Morgan fingerprint density at radius 1 is 1.78 bits per heavy atom. The Balaban J connectivity index is 2.74. The van der Waals surface area contributed by atoms with Gasteiger partial charge in [0.15, 0.2) is 0 Å². The molecule has 0 aliphatic carbocycles. The Bertz CT molecular complexity index is 164. The first-order chi connectivity index (χ1) is 4.22. The zero-order chi connectivity index (χ0) is 6.85. The summed E-state index contributed by atoms with van der Waals surface area (Å²) in [5, 5.41) is 0.351. The molecule has 0 aromatic heterocycles. The molecule has 3 heteroatoms. The van der Waals surface area contributed by atoms with Crippen LogP contribution in [0.4, 0.5) is 0 Å². The van der Waals surface area contributed by atoms with Crippen molar-refractivity contribution >= 4 is 17.5 Å². The second-order valence-electron chi connectivity index (χ2n) is 2.07. The zero-order valence-electron chi connectivity index (χ0n) is 5.22. The van der Waals surface area contributed by atoms with Crippen LogP contribution in [0.3, 0.4) is 0 Å². The quantitative estimate of drug-likeness (QED) is 0.498. The highest BCUT2D eigenvalue weighted by molar-refractivity contribution is 6.42. The fourth-order valence-corrected chi connectivity index (χ4v) is 1.01. The van der Waals surface area contributed by atoms with E-state index < -0.39 is 0 Å². The van der Waals surface area contributed by atoms with Crippen molar-refractivity contribution < 1.29 is 4.79 Å². The number of carbonyl (C=O) groups is 1. The van der Waals surface area contributed by atoms with E-state index in [0.717, 1.165) is 13.0 Å². The average molecular weight is 146 g/mol. The van der Waals surface area contributed by atoms with Gasteiger partial charge in [-0.2, -0.15) is 0 Å². The van der Waals surface area contributed by atoms with Gasteiger partial charge in [-0.1, -0.05) is 17.7 Å². The molecule has 1 aliphatic heterocycles. The van der Waals surface area contributed by atoms with E-state index in [1.165, 1.54) is 0 Å². The first-order valence-corrected chi connectivity index (χ1v) is 3.21. The molecule has 1 heterocycles. The lowest BCUT2D eigenvalue weighted by atomic mass is 10.2. The van der Waals surface area contributed by atoms with Gasteiger partial charge in [0.25, 0.3) is 5.91 Å². The largest absolute Gasteiger partial charge is 0.341 e. The van der Waals surface area contributed by atoms with Crippen LogP contribution in [0.15, 0.2) is 11.1 Å². The van der Waals surface area contributed by atoms with Gasteiger partial charge in [-0.3, -0.25) is 4.79 Å². The lowest BCUT2D eigenvalue weighted by Gasteiger charge is -2.19. The van der Waals surface area contributed by atoms with Gasteiger partial charge < -0.3 is 4.90 Å². The third-order valence-electron chi connectivity index (χ3n) is 1.34. The Morgan fingerprint density at radius 2 is 2.44 bits per heavy atom. The van der Waals surface area contributed by atoms with Crippen molar-refractivity contribution in [3.8, 4) is 0 Å². The lowest BCUT2D eigenvalue weighted by Crippen LogP contribution is -2.30. The Kier molecular flexibility index (Phi) is 1.76. The van der Waals surface area contributed by atoms with Crippen LogP contribution in [0.25, 0.3) is 0 Å². The molecule has 2 nitrogen and oxygen atoms in total. The van der Waals surface area contributed by atoms with Crippen LogP contribution in [-0.2, 0) is 4.79 Å². The Labute approximate surface area is 59.1 Å². The van der Waals surface area contributed by atoms with Gasteiger partial charge in [-0.25, -0.2) is 0 Å².